The number of nitrogens with one attached hydrogen (secondary N) is 1. The normalized spacial score (nSPS) is 24.1. The molecule has 3 aliphatic rings. The molecule has 0 aromatic heterocycles. The maximum absolute atomic E-state index is 12.9. The van der Waals surface area contributed by atoms with Crippen molar-refractivity contribution >= 4 is 47.0 Å². The largest absolute Gasteiger partial charge is 0.307 e. The molecule has 3 atom stereocenters. The van der Waals surface area contributed by atoms with Crippen LogP contribution >= 0.6 is 11.8 Å². The molecule has 160 valence electrons. The number of carbonyl (C=O) groups excluding carboxylic acids is 6. The Hall–Kier alpha value is -3.23. The van der Waals surface area contributed by atoms with Gasteiger partial charge < -0.3 is 10.1 Å². The molecule has 0 bridgehead atoms. The molecule has 0 saturated carbocycles. The van der Waals surface area contributed by atoms with Crippen LogP contribution in [0, 0.1) is 11.8 Å². The predicted octanol–water partition coefficient (Wildman–Crippen LogP) is 2.35. The van der Waals surface area contributed by atoms with Crippen LogP contribution in [0.25, 0.3) is 0 Å². The second-order valence-corrected chi connectivity index (χ2v) is 9.22. The number of benzene rings is 2. The lowest BCUT2D eigenvalue weighted by Crippen LogP contribution is -2.39. The van der Waals surface area contributed by atoms with E-state index in [0.29, 0.717) is 29.0 Å². The summed E-state index contributed by atoms with van der Waals surface area (Å²) in [6.07, 6.45) is 1.82. The Balaban J connectivity index is 1.41. The van der Waals surface area contributed by atoms with Crippen LogP contribution < -0.4 is 5.32 Å². The van der Waals surface area contributed by atoms with Crippen molar-refractivity contribution in [2.24, 2.45) is 11.8 Å². The van der Waals surface area contributed by atoms with Crippen molar-refractivity contribution < 1.29 is 28.8 Å². The van der Waals surface area contributed by atoms with E-state index < -0.39 is 41.0 Å². The van der Waals surface area contributed by atoms with Crippen molar-refractivity contribution in [1.29, 1.82) is 0 Å². The summed E-state index contributed by atoms with van der Waals surface area (Å²) in [5, 5.41) is 3.05. The van der Waals surface area contributed by atoms with Gasteiger partial charge in [-0.25, -0.2) is 0 Å². The Morgan fingerprint density at radius 2 is 1.41 bits per heavy atom. The van der Waals surface area contributed by atoms with E-state index >= 15 is 0 Å². The molecule has 2 aromatic carbocycles. The summed E-state index contributed by atoms with van der Waals surface area (Å²) < 4.78 is 0. The fourth-order valence-electron chi connectivity index (χ4n) is 4.54. The number of Topliss-reactive ketones (excluding diaryl/α,β-unsaturated/α-hetero) is 5. The van der Waals surface area contributed by atoms with Crippen LogP contribution in [0.4, 0.5) is 0 Å². The molecule has 7 nitrogen and oxygen atoms in total. The van der Waals surface area contributed by atoms with Crippen molar-refractivity contribution in [3.05, 3.63) is 58.7 Å². The lowest BCUT2D eigenvalue weighted by Gasteiger charge is -2.12. The zero-order valence-corrected chi connectivity index (χ0v) is 17.6. The molecule has 0 spiro atoms. The van der Waals surface area contributed by atoms with Gasteiger partial charge in [0.1, 0.15) is 18.1 Å². The SMILES string of the molecule is O=CC1C(=O)c2ccc(Sc3ccc4c(c3)C(=O)C(C(=O)C3CCCN3)C4=O)cc2C1=O. The summed E-state index contributed by atoms with van der Waals surface area (Å²) in [5.74, 6) is -4.88. The smallest absolute Gasteiger partial charge is 0.182 e. The molecule has 5 rings (SSSR count). The van der Waals surface area contributed by atoms with Gasteiger partial charge >= 0.3 is 0 Å². The predicted molar refractivity (Wildman–Crippen MR) is 113 cm³/mol. The Kier molecular flexibility index (Phi) is 4.98. The summed E-state index contributed by atoms with van der Waals surface area (Å²) in [4.78, 5) is 75.2. The molecule has 0 amide bonds. The Bertz CT molecular complexity index is 1240. The zero-order chi connectivity index (χ0) is 22.6. The first-order valence-corrected chi connectivity index (χ1v) is 11.1. The number of hydrogen-bond acceptors (Lipinski definition) is 8. The minimum atomic E-state index is -1.29. The number of ketones is 5. The molecule has 8 heteroatoms. The number of rotatable bonds is 5. The number of fused-ring (bicyclic) bond motifs is 2. The molecular weight excluding hydrogens is 430 g/mol. The summed E-state index contributed by atoms with van der Waals surface area (Å²) >= 11 is 1.26. The zero-order valence-electron chi connectivity index (χ0n) is 16.8. The standard InChI is InChI=1S/C24H17NO6S/c26-10-17-20(27)13-5-3-11(8-15(13)21(17)28)32-12-4-6-14-16(9-12)23(30)19(22(14)29)24(31)18-2-1-7-25-18/h3-6,8-10,17-19,25H,1-2,7H2. The molecule has 1 saturated heterocycles. The van der Waals surface area contributed by atoms with Gasteiger partial charge in [0.2, 0.25) is 0 Å². The van der Waals surface area contributed by atoms with E-state index in [1.165, 1.54) is 17.8 Å². The van der Waals surface area contributed by atoms with Crippen LogP contribution in [-0.2, 0) is 9.59 Å². The first-order valence-electron chi connectivity index (χ1n) is 10.3. The average molecular weight is 447 g/mol. The lowest BCUT2D eigenvalue weighted by molar-refractivity contribution is -0.122. The van der Waals surface area contributed by atoms with E-state index in [1.807, 2.05) is 0 Å². The fourth-order valence-corrected chi connectivity index (χ4v) is 5.44. The molecule has 3 unspecified atom stereocenters. The molecule has 1 N–H and O–H groups in total. The van der Waals surface area contributed by atoms with Crippen LogP contribution in [-0.4, -0.2) is 47.8 Å². The maximum atomic E-state index is 12.9. The van der Waals surface area contributed by atoms with Gasteiger partial charge in [-0.05, 0) is 55.8 Å². The quantitative estimate of drug-likeness (QED) is 0.549. The number of hydrogen-bond donors (Lipinski definition) is 1. The molecule has 32 heavy (non-hydrogen) atoms. The van der Waals surface area contributed by atoms with Gasteiger partial charge in [-0.15, -0.1) is 0 Å². The summed E-state index contributed by atoms with van der Waals surface area (Å²) in [6, 6.07) is 9.11. The van der Waals surface area contributed by atoms with Crippen molar-refractivity contribution in [2.75, 3.05) is 6.54 Å². The van der Waals surface area contributed by atoms with Crippen molar-refractivity contribution in [1.82, 2.24) is 5.32 Å². The van der Waals surface area contributed by atoms with E-state index in [9.17, 15) is 28.8 Å². The van der Waals surface area contributed by atoms with Crippen LogP contribution in [0.5, 0.6) is 0 Å². The van der Waals surface area contributed by atoms with Crippen LogP contribution in [0.3, 0.4) is 0 Å². The molecule has 2 aliphatic carbocycles. The van der Waals surface area contributed by atoms with Gasteiger partial charge in [0, 0.05) is 32.0 Å². The highest BCUT2D eigenvalue weighted by atomic mass is 32.2. The summed E-state index contributed by atoms with van der Waals surface area (Å²) in [7, 11) is 0. The van der Waals surface area contributed by atoms with Crippen LogP contribution in [0.1, 0.15) is 54.3 Å². The molecule has 0 radical (unpaired) electrons. The molecular formula is C24H17NO6S. The Morgan fingerprint density at radius 3 is 2.00 bits per heavy atom. The van der Waals surface area contributed by atoms with Crippen LogP contribution in [0.2, 0.25) is 0 Å². The first-order chi connectivity index (χ1) is 15.4. The average Bonchev–Trinajstić information content (AvgIpc) is 3.47. The monoisotopic (exact) mass is 447 g/mol. The third kappa shape index (κ3) is 3.10. The van der Waals surface area contributed by atoms with E-state index in [2.05, 4.69) is 5.32 Å². The van der Waals surface area contributed by atoms with Crippen LogP contribution in [0.15, 0.2) is 46.2 Å². The number of aldehydes is 1. The highest BCUT2D eigenvalue weighted by Gasteiger charge is 2.46. The lowest BCUT2D eigenvalue weighted by atomic mass is 9.93. The van der Waals surface area contributed by atoms with E-state index in [0.717, 1.165) is 6.42 Å². The van der Waals surface area contributed by atoms with Gasteiger partial charge in [-0.1, -0.05) is 11.8 Å². The summed E-state index contributed by atoms with van der Waals surface area (Å²) in [6.45, 7) is 0.696. The van der Waals surface area contributed by atoms with Gasteiger partial charge in [0.05, 0.1) is 6.04 Å². The highest BCUT2D eigenvalue weighted by Crippen LogP contribution is 2.37. The molecule has 1 aliphatic heterocycles. The van der Waals surface area contributed by atoms with Crippen molar-refractivity contribution in [3.63, 3.8) is 0 Å². The van der Waals surface area contributed by atoms with Gasteiger partial charge in [-0.3, -0.25) is 24.0 Å². The Morgan fingerprint density at radius 1 is 0.844 bits per heavy atom. The molecule has 2 aromatic rings. The van der Waals surface area contributed by atoms with Gasteiger partial charge in [0.25, 0.3) is 0 Å². The minimum absolute atomic E-state index is 0.208. The fraction of sp³-hybridized carbons (Fsp3) is 0.250. The van der Waals surface area contributed by atoms with E-state index in [-0.39, 0.29) is 28.0 Å². The van der Waals surface area contributed by atoms with Crippen molar-refractivity contribution in [2.45, 2.75) is 28.7 Å². The third-order valence-corrected chi connectivity index (χ3v) is 7.17. The minimum Gasteiger partial charge on any atom is -0.307 e. The maximum Gasteiger partial charge on any atom is 0.182 e. The Labute approximate surface area is 186 Å². The first kappa shape index (κ1) is 20.7. The van der Waals surface area contributed by atoms with Gasteiger partial charge in [-0.2, -0.15) is 0 Å². The third-order valence-electron chi connectivity index (χ3n) is 6.19. The molecule has 1 heterocycles. The molecule has 1 fully saturated rings. The second-order valence-electron chi connectivity index (χ2n) is 8.07. The topological polar surface area (TPSA) is 114 Å². The van der Waals surface area contributed by atoms with Crippen molar-refractivity contribution in [3.8, 4) is 0 Å². The number of carbonyl (C=O) groups is 6. The van der Waals surface area contributed by atoms with E-state index in [1.54, 1.807) is 30.3 Å². The van der Waals surface area contributed by atoms with E-state index in [4.69, 9.17) is 0 Å². The van der Waals surface area contributed by atoms with Gasteiger partial charge in [0.15, 0.2) is 28.9 Å². The summed E-state index contributed by atoms with van der Waals surface area (Å²) in [5.41, 5.74) is 0.913. The second kappa shape index (κ2) is 7.72. The highest BCUT2D eigenvalue weighted by molar-refractivity contribution is 7.99.